The van der Waals surface area contributed by atoms with Gasteiger partial charge in [-0.3, -0.25) is 4.98 Å². The van der Waals surface area contributed by atoms with E-state index in [2.05, 4.69) is 20.9 Å². The molecule has 0 spiro atoms. The molecule has 1 aromatic heterocycles. The molecule has 2 rings (SSSR count). The van der Waals surface area contributed by atoms with Gasteiger partial charge in [-0.1, -0.05) is 15.9 Å². The van der Waals surface area contributed by atoms with Gasteiger partial charge in [0, 0.05) is 10.7 Å². The summed E-state index contributed by atoms with van der Waals surface area (Å²) in [4.78, 5) is 4.23. The minimum atomic E-state index is -0.00810. The van der Waals surface area contributed by atoms with Crippen LogP contribution in [0.3, 0.4) is 0 Å². The summed E-state index contributed by atoms with van der Waals surface area (Å²) < 4.78 is 11.8. The van der Waals surface area contributed by atoms with Crippen molar-refractivity contribution in [2.45, 2.75) is 6.10 Å². The third-order valence-corrected chi connectivity index (χ3v) is 2.38. The molecule has 1 atom stereocenters. The third kappa shape index (κ3) is 2.27. The fourth-order valence-corrected chi connectivity index (χ4v) is 1.61. The second-order valence-electron chi connectivity index (χ2n) is 2.83. The van der Waals surface area contributed by atoms with Gasteiger partial charge in [-0.05, 0) is 12.1 Å². The van der Waals surface area contributed by atoms with Crippen LogP contribution in [0.2, 0.25) is 0 Å². The fourth-order valence-electron chi connectivity index (χ4n) is 1.26. The molecule has 3 nitrogen and oxygen atoms in total. The Hall–Kier alpha value is -0.450. The second kappa shape index (κ2) is 4.17. The third-order valence-electron chi connectivity index (χ3n) is 1.89. The van der Waals surface area contributed by atoms with Gasteiger partial charge in [0.1, 0.15) is 6.10 Å². The molecule has 0 N–H and O–H groups in total. The Labute approximate surface area is 85.2 Å². The summed E-state index contributed by atoms with van der Waals surface area (Å²) in [5, 5.41) is 0. The summed E-state index contributed by atoms with van der Waals surface area (Å²) in [7, 11) is 0. The molecule has 4 heteroatoms. The molecule has 2 heterocycles. The van der Waals surface area contributed by atoms with E-state index in [4.69, 9.17) is 9.47 Å². The largest absolute Gasteiger partial charge is 0.376 e. The monoisotopic (exact) mass is 243 g/mol. The molecule has 0 saturated carbocycles. The molecule has 1 aromatic rings. The van der Waals surface area contributed by atoms with Crippen LogP contribution in [0.25, 0.3) is 0 Å². The van der Waals surface area contributed by atoms with Crippen LogP contribution < -0.4 is 0 Å². The van der Waals surface area contributed by atoms with Gasteiger partial charge >= 0.3 is 0 Å². The predicted octanol–water partition coefficient (Wildman–Crippen LogP) is 1.93. The molecular weight excluding hydrogens is 234 g/mol. The van der Waals surface area contributed by atoms with Crippen LogP contribution >= 0.6 is 15.9 Å². The van der Waals surface area contributed by atoms with E-state index < -0.39 is 0 Å². The first-order chi connectivity index (χ1) is 6.36. The topological polar surface area (TPSA) is 31.4 Å². The Morgan fingerprint density at radius 1 is 1.46 bits per heavy atom. The smallest absolute Gasteiger partial charge is 0.123 e. The molecule has 0 amide bonds. The molecule has 13 heavy (non-hydrogen) atoms. The van der Waals surface area contributed by atoms with Gasteiger partial charge in [-0.15, -0.1) is 0 Å². The SMILES string of the molecule is Brc1ccnc(C2COCCO2)c1. The van der Waals surface area contributed by atoms with Gasteiger partial charge in [0.15, 0.2) is 0 Å². The summed E-state index contributed by atoms with van der Waals surface area (Å²) in [6, 6.07) is 3.85. The molecule has 1 aliphatic rings. The molecular formula is C9H10BrNO2. The Balaban J connectivity index is 2.14. The van der Waals surface area contributed by atoms with Crippen molar-refractivity contribution in [3.05, 3.63) is 28.5 Å². The maximum absolute atomic E-state index is 5.51. The van der Waals surface area contributed by atoms with Crippen molar-refractivity contribution in [3.63, 3.8) is 0 Å². The van der Waals surface area contributed by atoms with Crippen molar-refractivity contribution in [3.8, 4) is 0 Å². The van der Waals surface area contributed by atoms with Gasteiger partial charge in [0.25, 0.3) is 0 Å². The van der Waals surface area contributed by atoms with E-state index in [0.29, 0.717) is 19.8 Å². The lowest BCUT2D eigenvalue weighted by Crippen LogP contribution is -2.22. The molecule has 1 fully saturated rings. The van der Waals surface area contributed by atoms with Gasteiger partial charge in [-0.2, -0.15) is 0 Å². The molecule has 1 aliphatic heterocycles. The summed E-state index contributed by atoms with van der Waals surface area (Å²) in [6.45, 7) is 1.94. The van der Waals surface area contributed by atoms with Crippen LogP contribution in [0.5, 0.6) is 0 Å². The highest BCUT2D eigenvalue weighted by atomic mass is 79.9. The van der Waals surface area contributed by atoms with E-state index in [9.17, 15) is 0 Å². The molecule has 70 valence electrons. The lowest BCUT2D eigenvalue weighted by Gasteiger charge is -2.22. The number of nitrogens with zero attached hydrogens (tertiary/aromatic N) is 1. The van der Waals surface area contributed by atoms with Gasteiger partial charge in [-0.25, -0.2) is 0 Å². The maximum Gasteiger partial charge on any atom is 0.123 e. The Kier molecular flexibility index (Phi) is 2.93. The first kappa shape index (κ1) is 9.12. The van der Waals surface area contributed by atoms with E-state index in [1.165, 1.54) is 0 Å². The standard InChI is InChI=1S/C9H10BrNO2/c10-7-1-2-11-8(5-7)9-6-12-3-4-13-9/h1-2,5,9H,3-4,6H2. The van der Waals surface area contributed by atoms with E-state index >= 15 is 0 Å². The lowest BCUT2D eigenvalue weighted by atomic mass is 10.2. The highest BCUT2D eigenvalue weighted by Gasteiger charge is 2.17. The first-order valence-corrected chi connectivity index (χ1v) is 4.96. The second-order valence-corrected chi connectivity index (χ2v) is 3.75. The normalized spacial score (nSPS) is 23.0. The minimum absolute atomic E-state index is 0.00810. The molecule has 1 saturated heterocycles. The number of pyridine rings is 1. The molecule has 0 bridgehead atoms. The summed E-state index contributed by atoms with van der Waals surface area (Å²) in [6.07, 6.45) is 1.75. The Morgan fingerprint density at radius 3 is 3.08 bits per heavy atom. The van der Waals surface area contributed by atoms with E-state index in [-0.39, 0.29) is 6.10 Å². The lowest BCUT2D eigenvalue weighted by molar-refractivity contribution is -0.0917. The van der Waals surface area contributed by atoms with Crippen molar-refractivity contribution in [1.82, 2.24) is 4.98 Å². The zero-order chi connectivity index (χ0) is 9.10. The molecule has 1 unspecified atom stereocenters. The first-order valence-electron chi connectivity index (χ1n) is 4.17. The summed E-state index contributed by atoms with van der Waals surface area (Å²) in [5.41, 5.74) is 0.925. The van der Waals surface area contributed by atoms with Crippen LogP contribution in [0.4, 0.5) is 0 Å². The van der Waals surface area contributed by atoms with Crippen molar-refractivity contribution in [2.24, 2.45) is 0 Å². The van der Waals surface area contributed by atoms with Crippen LogP contribution in [-0.2, 0) is 9.47 Å². The van der Waals surface area contributed by atoms with Crippen molar-refractivity contribution in [1.29, 1.82) is 0 Å². The molecule has 0 radical (unpaired) electrons. The Bertz CT molecular complexity index is 287. The van der Waals surface area contributed by atoms with E-state index in [1.54, 1.807) is 6.20 Å². The quantitative estimate of drug-likeness (QED) is 0.756. The van der Waals surface area contributed by atoms with Crippen LogP contribution in [0.15, 0.2) is 22.8 Å². The molecule has 0 aromatic carbocycles. The number of rotatable bonds is 1. The van der Waals surface area contributed by atoms with Gasteiger partial charge in [0.05, 0.1) is 25.5 Å². The van der Waals surface area contributed by atoms with Gasteiger partial charge < -0.3 is 9.47 Å². The number of hydrogen-bond donors (Lipinski definition) is 0. The number of ether oxygens (including phenoxy) is 2. The van der Waals surface area contributed by atoms with Crippen molar-refractivity contribution in [2.75, 3.05) is 19.8 Å². The minimum Gasteiger partial charge on any atom is -0.376 e. The predicted molar refractivity (Wildman–Crippen MR) is 51.4 cm³/mol. The summed E-state index contributed by atoms with van der Waals surface area (Å²) in [5.74, 6) is 0. The zero-order valence-corrected chi connectivity index (χ0v) is 8.66. The van der Waals surface area contributed by atoms with Crippen molar-refractivity contribution < 1.29 is 9.47 Å². The maximum atomic E-state index is 5.51. The number of halogens is 1. The fraction of sp³-hybridized carbons (Fsp3) is 0.444. The highest BCUT2D eigenvalue weighted by molar-refractivity contribution is 9.10. The van der Waals surface area contributed by atoms with Gasteiger partial charge in [0.2, 0.25) is 0 Å². The molecule has 0 aliphatic carbocycles. The zero-order valence-electron chi connectivity index (χ0n) is 7.07. The van der Waals surface area contributed by atoms with E-state index in [1.807, 2.05) is 12.1 Å². The number of aromatic nitrogens is 1. The van der Waals surface area contributed by atoms with Crippen LogP contribution in [0, 0.1) is 0 Å². The van der Waals surface area contributed by atoms with Crippen LogP contribution in [-0.4, -0.2) is 24.8 Å². The van der Waals surface area contributed by atoms with Crippen molar-refractivity contribution >= 4 is 15.9 Å². The summed E-state index contributed by atoms with van der Waals surface area (Å²) >= 11 is 3.39. The highest BCUT2D eigenvalue weighted by Crippen LogP contribution is 2.21. The van der Waals surface area contributed by atoms with Crippen LogP contribution in [0.1, 0.15) is 11.8 Å². The number of hydrogen-bond acceptors (Lipinski definition) is 3. The average molecular weight is 244 g/mol. The Morgan fingerprint density at radius 2 is 2.38 bits per heavy atom. The average Bonchev–Trinajstić information content (AvgIpc) is 2.19. The van der Waals surface area contributed by atoms with E-state index in [0.717, 1.165) is 10.2 Å².